The Hall–Kier alpha value is -0.0400. The molecule has 0 bridgehead atoms. The molecule has 0 heterocycles. The van der Waals surface area contributed by atoms with Crippen LogP contribution in [0.2, 0.25) is 0 Å². The first-order valence-corrected chi connectivity index (χ1v) is 2.89. The van der Waals surface area contributed by atoms with Crippen molar-refractivity contribution in [3.05, 3.63) is 0 Å². The van der Waals surface area contributed by atoms with E-state index in [1.807, 2.05) is 6.92 Å². The predicted octanol–water partition coefficient (Wildman–Crippen LogP) is 1.17. The van der Waals surface area contributed by atoms with Gasteiger partial charge in [0.2, 0.25) is 0 Å². The third kappa shape index (κ3) is 0.778. The SMILES string of the molecule is CC[C@@H]1C[C@@]1(C)O. The van der Waals surface area contributed by atoms with Gasteiger partial charge in [-0.05, 0) is 19.3 Å². The van der Waals surface area contributed by atoms with E-state index in [1.54, 1.807) is 0 Å². The molecule has 0 aromatic heterocycles. The standard InChI is InChI=1S/C6H12O/c1-3-5-4-6(5,2)7/h5,7H,3-4H2,1-2H3/t5-,6-/m1/s1. The average molecular weight is 100 g/mol. The molecule has 2 atom stereocenters. The highest BCUT2D eigenvalue weighted by molar-refractivity contribution is 4.98. The highest BCUT2D eigenvalue weighted by Gasteiger charge is 2.46. The number of hydrogen-bond acceptors (Lipinski definition) is 1. The van der Waals surface area contributed by atoms with Crippen molar-refractivity contribution in [3.8, 4) is 0 Å². The molecule has 1 saturated carbocycles. The number of hydrogen-bond donors (Lipinski definition) is 1. The van der Waals surface area contributed by atoms with E-state index in [9.17, 15) is 0 Å². The van der Waals surface area contributed by atoms with Gasteiger partial charge < -0.3 is 5.11 Å². The summed E-state index contributed by atoms with van der Waals surface area (Å²) in [6.07, 6.45) is 2.15. The van der Waals surface area contributed by atoms with Crippen LogP contribution in [0, 0.1) is 5.92 Å². The lowest BCUT2D eigenvalue weighted by Crippen LogP contribution is -2.01. The van der Waals surface area contributed by atoms with Crippen molar-refractivity contribution in [1.29, 1.82) is 0 Å². The number of aliphatic hydroxyl groups is 1. The Labute approximate surface area is 44.4 Å². The molecule has 0 aromatic rings. The van der Waals surface area contributed by atoms with Crippen molar-refractivity contribution >= 4 is 0 Å². The fourth-order valence-corrected chi connectivity index (χ4v) is 1.02. The van der Waals surface area contributed by atoms with Gasteiger partial charge in [0.15, 0.2) is 0 Å². The molecule has 1 heteroatoms. The monoisotopic (exact) mass is 100 g/mol. The Kier molecular flexibility index (Phi) is 0.890. The minimum absolute atomic E-state index is 0.283. The van der Waals surface area contributed by atoms with E-state index in [-0.39, 0.29) is 5.60 Å². The van der Waals surface area contributed by atoms with Crippen LogP contribution in [-0.4, -0.2) is 10.7 Å². The first kappa shape index (κ1) is 5.10. The average Bonchev–Trinajstić information content (AvgIpc) is 2.13. The lowest BCUT2D eigenvalue weighted by atomic mass is 10.2. The second kappa shape index (κ2) is 1.22. The predicted molar refractivity (Wildman–Crippen MR) is 29.0 cm³/mol. The second-order valence-corrected chi connectivity index (χ2v) is 2.67. The maximum atomic E-state index is 9.09. The van der Waals surface area contributed by atoms with Crippen LogP contribution in [0.25, 0.3) is 0 Å². The van der Waals surface area contributed by atoms with Crippen LogP contribution in [0.1, 0.15) is 26.7 Å². The highest BCUT2D eigenvalue weighted by atomic mass is 16.3. The van der Waals surface area contributed by atoms with Crippen molar-refractivity contribution in [2.45, 2.75) is 32.3 Å². The smallest absolute Gasteiger partial charge is 0.0652 e. The minimum Gasteiger partial charge on any atom is -0.390 e. The van der Waals surface area contributed by atoms with Gasteiger partial charge in [-0.3, -0.25) is 0 Å². The molecule has 0 radical (unpaired) electrons. The molecule has 1 N–H and O–H groups in total. The van der Waals surface area contributed by atoms with Crippen molar-refractivity contribution < 1.29 is 5.11 Å². The molecular formula is C6H12O. The van der Waals surface area contributed by atoms with Crippen LogP contribution in [-0.2, 0) is 0 Å². The maximum Gasteiger partial charge on any atom is 0.0652 e. The largest absolute Gasteiger partial charge is 0.390 e. The molecule has 1 rings (SSSR count). The lowest BCUT2D eigenvalue weighted by molar-refractivity contribution is 0.151. The van der Waals surface area contributed by atoms with E-state index in [0.717, 1.165) is 12.8 Å². The van der Waals surface area contributed by atoms with Gasteiger partial charge in [-0.2, -0.15) is 0 Å². The zero-order chi connectivity index (χ0) is 5.49. The molecule has 1 fully saturated rings. The molecule has 0 aromatic carbocycles. The Morgan fingerprint density at radius 3 is 2.29 bits per heavy atom. The van der Waals surface area contributed by atoms with Crippen molar-refractivity contribution in [1.82, 2.24) is 0 Å². The van der Waals surface area contributed by atoms with E-state index in [2.05, 4.69) is 6.92 Å². The van der Waals surface area contributed by atoms with E-state index < -0.39 is 0 Å². The summed E-state index contributed by atoms with van der Waals surface area (Å²) < 4.78 is 0. The molecule has 0 saturated heterocycles. The molecule has 1 aliphatic rings. The Bertz CT molecular complexity index is 76.2. The Morgan fingerprint density at radius 2 is 2.29 bits per heavy atom. The Morgan fingerprint density at radius 1 is 1.86 bits per heavy atom. The molecule has 1 nitrogen and oxygen atoms in total. The van der Waals surface area contributed by atoms with Gasteiger partial charge >= 0.3 is 0 Å². The summed E-state index contributed by atoms with van der Waals surface area (Å²) >= 11 is 0. The third-order valence-electron chi connectivity index (χ3n) is 1.87. The summed E-state index contributed by atoms with van der Waals surface area (Å²) in [5.41, 5.74) is -0.283. The molecule has 42 valence electrons. The van der Waals surface area contributed by atoms with E-state index >= 15 is 0 Å². The van der Waals surface area contributed by atoms with E-state index in [4.69, 9.17) is 5.11 Å². The van der Waals surface area contributed by atoms with Gasteiger partial charge in [-0.15, -0.1) is 0 Å². The zero-order valence-electron chi connectivity index (χ0n) is 4.94. The summed E-state index contributed by atoms with van der Waals surface area (Å²) in [4.78, 5) is 0. The summed E-state index contributed by atoms with van der Waals surface area (Å²) in [6, 6.07) is 0. The Balaban J connectivity index is 2.30. The highest BCUT2D eigenvalue weighted by Crippen LogP contribution is 2.44. The first-order chi connectivity index (χ1) is 3.17. The normalized spacial score (nSPS) is 49.3. The minimum atomic E-state index is -0.283. The van der Waals surface area contributed by atoms with Gasteiger partial charge in [0, 0.05) is 0 Å². The van der Waals surface area contributed by atoms with Crippen molar-refractivity contribution in [2.75, 3.05) is 0 Å². The van der Waals surface area contributed by atoms with Crippen LogP contribution in [0.15, 0.2) is 0 Å². The van der Waals surface area contributed by atoms with Crippen molar-refractivity contribution in [3.63, 3.8) is 0 Å². The summed E-state index contributed by atoms with van der Waals surface area (Å²) in [5, 5.41) is 9.09. The zero-order valence-corrected chi connectivity index (χ0v) is 4.94. The molecule has 0 aliphatic heterocycles. The van der Waals surface area contributed by atoms with Gasteiger partial charge in [-0.1, -0.05) is 13.3 Å². The maximum absolute atomic E-state index is 9.09. The van der Waals surface area contributed by atoms with Gasteiger partial charge in [-0.25, -0.2) is 0 Å². The molecule has 1 aliphatic carbocycles. The summed E-state index contributed by atoms with van der Waals surface area (Å²) in [5.74, 6) is 0.604. The van der Waals surface area contributed by atoms with E-state index in [0.29, 0.717) is 5.92 Å². The fourth-order valence-electron chi connectivity index (χ4n) is 1.02. The van der Waals surface area contributed by atoms with Crippen LogP contribution in [0.3, 0.4) is 0 Å². The molecule has 0 unspecified atom stereocenters. The first-order valence-electron chi connectivity index (χ1n) is 2.89. The summed E-state index contributed by atoms with van der Waals surface area (Å²) in [7, 11) is 0. The van der Waals surface area contributed by atoms with Crippen LogP contribution in [0.4, 0.5) is 0 Å². The second-order valence-electron chi connectivity index (χ2n) is 2.67. The van der Waals surface area contributed by atoms with E-state index in [1.165, 1.54) is 0 Å². The van der Waals surface area contributed by atoms with Crippen LogP contribution >= 0.6 is 0 Å². The topological polar surface area (TPSA) is 20.2 Å². The van der Waals surface area contributed by atoms with Gasteiger partial charge in [0.1, 0.15) is 0 Å². The third-order valence-corrected chi connectivity index (χ3v) is 1.87. The van der Waals surface area contributed by atoms with Gasteiger partial charge in [0.05, 0.1) is 5.60 Å². The fraction of sp³-hybridized carbons (Fsp3) is 1.00. The van der Waals surface area contributed by atoms with Crippen molar-refractivity contribution in [2.24, 2.45) is 5.92 Å². The summed E-state index contributed by atoms with van der Waals surface area (Å²) in [6.45, 7) is 4.02. The van der Waals surface area contributed by atoms with Gasteiger partial charge in [0.25, 0.3) is 0 Å². The quantitative estimate of drug-likeness (QED) is 0.524. The molecule has 0 amide bonds. The van der Waals surface area contributed by atoms with Crippen LogP contribution < -0.4 is 0 Å². The molecular weight excluding hydrogens is 88.1 g/mol. The molecule has 7 heavy (non-hydrogen) atoms. The van der Waals surface area contributed by atoms with Crippen LogP contribution in [0.5, 0.6) is 0 Å². The lowest BCUT2D eigenvalue weighted by Gasteiger charge is -1.95. The number of rotatable bonds is 1. The molecule has 0 spiro atoms.